The van der Waals surface area contributed by atoms with Crippen LogP contribution in [0.4, 0.5) is 0 Å². The van der Waals surface area contributed by atoms with Gasteiger partial charge in [-0.3, -0.25) is 14.6 Å². The molecule has 1 aliphatic heterocycles. The first-order valence-electron chi connectivity index (χ1n) is 12.5. The molecule has 0 radical (unpaired) electrons. The maximum atomic E-state index is 12.5. The zero-order valence-electron chi connectivity index (χ0n) is 21.5. The first-order chi connectivity index (χ1) is 16.4. The molecule has 184 valence electrons. The molecule has 3 atom stereocenters. The Bertz CT molecular complexity index is 941. The average molecular weight is 464 g/mol. The van der Waals surface area contributed by atoms with E-state index >= 15 is 0 Å². The van der Waals surface area contributed by atoms with Crippen molar-refractivity contribution in [2.45, 2.75) is 51.2 Å². The maximum absolute atomic E-state index is 12.5. The van der Waals surface area contributed by atoms with Crippen LogP contribution in [0.3, 0.4) is 0 Å². The maximum Gasteiger partial charge on any atom is 0.253 e. The van der Waals surface area contributed by atoms with Crippen LogP contribution >= 0.6 is 0 Å². The van der Waals surface area contributed by atoms with Crippen LogP contribution in [0.25, 0.3) is 0 Å². The molecule has 0 aliphatic carbocycles. The quantitative estimate of drug-likeness (QED) is 0.477. The van der Waals surface area contributed by atoms with Crippen molar-refractivity contribution in [3.8, 4) is 5.75 Å². The van der Waals surface area contributed by atoms with Gasteiger partial charge in [-0.05, 0) is 54.7 Å². The number of carbonyl (C=O) groups excluding carboxylic acids is 1. The van der Waals surface area contributed by atoms with E-state index in [1.54, 1.807) is 26.1 Å². The van der Waals surface area contributed by atoms with Crippen LogP contribution in [0.15, 0.2) is 61.2 Å². The lowest BCUT2D eigenvalue weighted by Crippen LogP contribution is -2.45. The largest absolute Gasteiger partial charge is 0.497 e. The summed E-state index contributed by atoms with van der Waals surface area (Å²) in [5.41, 5.74) is 3.12. The van der Waals surface area contributed by atoms with Crippen LogP contribution in [0.1, 0.15) is 60.6 Å². The average Bonchev–Trinajstić information content (AvgIpc) is 3.03. The van der Waals surface area contributed by atoms with Gasteiger partial charge < -0.3 is 9.64 Å². The van der Waals surface area contributed by atoms with Crippen molar-refractivity contribution in [3.05, 3.63) is 77.9 Å². The van der Waals surface area contributed by atoms with E-state index < -0.39 is 0 Å². The van der Waals surface area contributed by atoms with E-state index in [4.69, 9.17) is 4.74 Å². The summed E-state index contributed by atoms with van der Waals surface area (Å²) >= 11 is 0. The van der Waals surface area contributed by atoms with Gasteiger partial charge in [0.2, 0.25) is 0 Å². The van der Waals surface area contributed by atoms with Gasteiger partial charge in [-0.15, -0.1) is 6.58 Å². The fourth-order valence-corrected chi connectivity index (χ4v) is 5.22. The lowest BCUT2D eigenvalue weighted by atomic mass is 9.95. The topological polar surface area (TPSA) is 36.0 Å². The molecule has 3 rings (SSSR count). The zero-order valence-corrected chi connectivity index (χ0v) is 21.5. The van der Waals surface area contributed by atoms with E-state index in [2.05, 4.69) is 60.6 Å². The summed E-state index contributed by atoms with van der Waals surface area (Å²) in [7, 11) is 5.29. The Morgan fingerprint density at radius 1 is 1.12 bits per heavy atom. The van der Waals surface area contributed by atoms with Crippen LogP contribution in [0.2, 0.25) is 0 Å². The van der Waals surface area contributed by atoms with Crippen molar-refractivity contribution in [2.24, 2.45) is 0 Å². The molecule has 2 aromatic rings. The van der Waals surface area contributed by atoms with Crippen molar-refractivity contribution < 1.29 is 9.53 Å². The van der Waals surface area contributed by atoms with Gasteiger partial charge in [0, 0.05) is 51.4 Å². The SMILES string of the molecule is C=CCN1C(CC)CCN(C(c2ccc(C(=O)N(C)C)cc2)c2cccc(OC)c2)CC1CC. The predicted octanol–water partition coefficient (Wildman–Crippen LogP) is 5.24. The number of benzene rings is 2. The Balaban J connectivity index is 2.03. The molecular formula is C29H41N3O2. The van der Waals surface area contributed by atoms with Crippen molar-refractivity contribution in [1.82, 2.24) is 14.7 Å². The zero-order chi connectivity index (χ0) is 24.7. The van der Waals surface area contributed by atoms with E-state index in [9.17, 15) is 4.79 Å². The summed E-state index contributed by atoms with van der Waals surface area (Å²) in [4.78, 5) is 19.3. The number of rotatable bonds is 9. The molecule has 1 aliphatic rings. The third-order valence-corrected chi connectivity index (χ3v) is 7.07. The minimum absolute atomic E-state index is 0.0242. The first-order valence-corrected chi connectivity index (χ1v) is 12.5. The molecule has 2 aromatic carbocycles. The predicted molar refractivity (Wildman–Crippen MR) is 141 cm³/mol. The van der Waals surface area contributed by atoms with Crippen LogP contribution < -0.4 is 4.74 Å². The standard InChI is InChI=1S/C29H41N3O2/c1-7-18-32-25(8-2)17-19-31(21-26(32)9-3)28(24-11-10-12-27(20-24)34-6)22-13-15-23(16-14-22)29(33)30(4)5/h7,10-16,20,25-26,28H,1,8-9,17-19,21H2,2-6H3. The molecule has 0 spiro atoms. The summed E-state index contributed by atoms with van der Waals surface area (Å²) in [6, 6.07) is 17.7. The molecule has 0 saturated carbocycles. The second-order valence-electron chi connectivity index (χ2n) is 9.39. The number of amides is 1. The smallest absolute Gasteiger partial charge is 0.253 e. The highest BCUT2D eigenvalue weighted by Gasteiger charge is 2.33. The van der Waals surface area contributed by atoms with Crippen molar-refractivity contribution in [2.75, 3.05) is 40.8 Å². The van der Waals surface area contributed by atoms with Gasteiger partial charge >= 0.3 is 0 Å². The van der Waals surface area contributed by atoms with Crippen molar-refractivity contribution in [1.29, 1.82) is 0 Å². The van der Waals surface area contributed by atoms with Gasteiger partial charge in [-0.2, -0.15) is 0 Å². The van der Waals surface area contributed by atoms with Gasteiger partial charge in [0.25, 0.3) is 5.91 Å². The highest BCUT2D eigenvalue weighted by atomic mass is 16.5. The number of carbonyl (C=O) groups is 1. The number of nitrogens with zero attached hydrogens (tertiary/aromatic N) is 3. The first kappa shape index (κ1) is 26.0. The van der Waals surface area contributed by atoms with E-state index in [0.717, 1.165) is 44.6 Å². The molecule has 1 fully saturated rings. The second kappa shape index (κ2) is 12.2. The van der Waals surface area contributed by atoms with Gasteiger partial charge in [0.15, 0.2) is 0 Å². The summed E-state index contributed by atoms with van der Waals surface area (Å²) in [6.07, 6.45) is 5.41. The van der Waals surface area contributed by atoms with Gasteiger partial charge in [-0.25, -0.2) is 0 Å². The Labute approximate surface area is 206 Å². The summed E-state index contributed by atoms with van der Waals surface area (Å²) in [5, 5.41) is 0. The number of methoxy groups -OCH3 is 1. The fraction of sp³-hybridized carbons (Fsp3) is 0.483. The molecule has 34 heavy (non-hydrogen) atoms. The number of ether oxygens (including phenoxy) is 1. The molecule has 1 heterocycles. The minimum Gasteiger partial charge on any atom is -0.497 e. The Morgan fingerprint density at radius 2 is 1.82 bits per heavy atom. The molecule has 0 bridgehead atoms. The van der Waals surface area contributed by atoms with Crippen LogP contribution in [0, 0.1) is 0 Å². The van der Waals surface area contributed by atoms with Gasteiger partial charge in [0.1, 0.15) is 5.75 Å². The molecular weight excluding hydrogens is 422 g/mol. The minimum atomic E-state index is 0.0242. The van der Waals surface area contributed by atoms with E-state index in [0.29, 0.717) is 17.6 Å². The van der Waals surface area contributed by atoms with Crippen molar-refractivity contribution >= 4 is 5.91 Å². The Morgan fingerprint density at radius 3 is 2.41 bits per heavy atom. The van der Waals surface area contributed by atoms with Crippen LogP contribution in [-0.2, 0) is 0 Å². The van der Waals surface area contributed by atoms with Crippen LogP contribution in [-0.4, -0.2) is 73.5 Å². The highest BCUT2D eigenvalue weighted by Crippen LogP contribution is 2.34. The molecule has 3 unspecified atom stereocenters. The van der Waals surface area contributed by atoms with Gasteiger partial charge in [-0.1, -0.05) is 44.2 Å². The molecule has 0 N–H and O–H groups in total. The van der Waals surface area contributed by atoms with E-state index in [-0.39, 0.29) is 11.9 Å². The summed E-state index contributed by atoms with van der Waals surface area (Å²) in [5.74, 6) is 0.889. The highest BCUT2D eigenvalue weighted by molar-refractivity contribution is 5.93. The molecule has 1 amide bonds. The fourth-order valence-electron chi connectivity index (χ4n) is 5.22. The van der Waals surface area contributed by atoms with E-state index in [1.807, 2.05) is 24.3 Å². The molecule has 5 heteroatoms. The molecule has 1 saturated heterocycles. The number of hydrogen-bond acceptors (Lipinski definition) is 4. The molecule has 5 nitrogen and oxygen atoms in total. The second-order valence-corrected chi connectivity index (χ2v) is 9.39. The Hall–Kier alpha value is -2.63. The van der Waals surface area contributed by atoms with E-state index in [1.165, 1.54) is 11.1 Å². The Kier molecular flexibility index (Phi) is 9.31. The summed E-state index contributed by atoms with van der Waals surface area (Å²) in [6.45, 7) is 11.5. The molecule has 0 aromatic heterocycles. The summed E-state index contributed by atoms with van der Waals surface area (Å²) < 4.78 is 5.57. The monoisotopic (exact) mass is 463 g/mol. The lowest BCUT2D eigenvalue weighted by Gasteiger charge is -2.37. The number of hydrogen-bond donors (Lipinski definition) is 0. The normalized spacial score (nSPS) is 20.4. The van der Waals surface area contributed by atoms with Crippen molar-refractivity contribution in [3.63, 3.8) is 0 Å². The van der Waals surface area contributed by atoms with Crippen LogP contribution in [0.5, 0.6) is 5.75 Å². The van der Waals surface area contributed by atoms with Gasteiger partial charge in [0.05, 0.1) is 13.2 Å². The third-order valence-electron chi connectivity index (χ3n) is 7.07. The lowest BCUT2D eigenvalue weighted by molar-refractivity contribution is 0.0827. The third kappa shape index (κ3) is 5.89.